The lowest BCUT2D eigenvalue weighted by Crippen LogP contribution is -2.04. The lowest BCUT2D eigenvalue weighted by atomic mass is 10.1. The normalized spacial score (nSPS) is 10.5. The average molecular weight is 293 g/mol. The van der Waals surface area contributed by atoms with Crippen molar-refractivity contribution in [3.63, 3.8) is 0 Å². The molecule has 0 N–H and O–H groups in total. The monoisotopic (exact) mass is 292 g/mol. The quantitative estimate of drug-likeness (QED) is 0.591. The van der Waals surface area contributed by atoms with Gasteiger partial charge in [0.15, 0.2) is 5.78 Å². The van der Waals surface area contributed by atoms with Crippen LogP contribution in [0.5, 0.6) is 5.75 Å². The fourth-order valence-corrected chi connectivity index (χ4v) is 1.50. The van der Waals surface area contributed by atoms with E-state index in [1.165, 1.54) is 18.2 Å². The predicted octanol–water partition coefficient (Wildman–Crippen LogP) is 3.65. The van der Waals surface area contributed by atoms with Crippen LogP contribution in [-0.2, 0) is 0 Å². The van der Waals surface area contributed by atoms with Gasteiger partial charge in [0, 0.05) is 17.3 Å². The molecule has 0 aliphatic heterocycles. The van der Waals surface area contributed by atoms with E-state index in [0.29, 0.717) is 12.0 Å². The van der Waals surface area contributed by atoms with Gasteiger partial charge in [-0.2, -0.15) is 8.78 Å². The Bertz CT molecular complexity index is 356. The van der Waals surface area contributed by atoms with E-state index < -0.39 is 6.61 Å². The van der Waals surface area contributed by atoms with Gasteiger partial charge in [0.1, 0.15) is 5.75 Å². The van der Waals surface area contributed by atoms with Gasteiger partial charge in [0.25, 0.3) is 0 Å². The van der Waals surface area contributed by atoms with Gasteiger partial charge < -0.3 is 4.74 Å². The Morgan fingerprint density at radius 2 is 2.19 bits per heavy atom. The van der Waals surface area contributed by atoms with Crippen molar-refractivity contribution in [3.05, 3.63) is 29.8 Å². The highest BCUT2D eigenvalue weighted by molar-refractivity contribution is 9.09. The maximum absolute atomic E-state index is 11.9. The van der Waals surface area contributed by atoms with Crippen LogP contribution in [0.15, 0.2) is 24.3 Å². The summed E-state index contributed by atoms with van der Waals surface area (Å²) in [5, 5.41) is 0.742. The molecule has 1 rings (SSSR count). The molecule has 0 heterocycles. The van der Waals surface area contributed by atoms with Crippen LogP contribution in [0.1, 0.15) is 23.2 Å². The SMILES string of the molecule is O=C(CCCBr)c1cccc(OC(F)F)c1. The van der Waals surface area contributed by atoms with Crippen LogP contribution < -0.4 is 4.74 Å². The highest BCUT2D eigenvalue weighted by atomic mass is 79.9. The highest BCUT2D eigenvalue weighted by Gasteiger charge is 2.08. The van der Waals surface area contributed by atoms with Crippen LogP contribution in [0.3, 0.4) is 0 Å². The second-order valence-corrected chi connectivity index (χ2v) is 3.92. The van der Waals surface area contributed by atoms with Crippen LogP contribution in [-0.4, -0.2) is 17.7 Å². The lowest BCUT2D eigenvalue weighted by molar-refractivity contribution is -0.0498. The maximum atomic E-state index is 11.9. The number of hydrogen-bond donors (Lipinski definition) is 0. The second kappa shape index (κ2) is 6.58. The minimum absolute atomic E-state index is 0.0136. The smallest absolute Gasteiger partial charge is 0.387 e. The average Bonchev–Trinajstić information content (AvgIpc) is 2.25. The third-order valence-corrected chi connectivity index (χ3v) is 2.48. The van der Waals surface area contributed by atoms with E-state index in [1.807, 2.05) is 0 Å². The summed E-state index contributed by atoms with van der Waals surface area (Å²) in [6.07, 6.45) is 1.11. The second-order valence-electron chi connectivity index (χ2n) is 3.12. The van der Waals surface area contributed by atoms with E-state index in [9.17, 15) is 13.6 Å². The molecule has 0 bridgehead atoms. The minimum Gasteiger partial charge on any atom is -0.435 e. The molecular weight excluding hydrogens is 282 g/mol. The third-order valence-electron chi connectivity index (χ3n) is 1.92. The van der Waals surface area contributed by atoms with E-state index in [2.05, 4.69) is 20.7 Å². The van der Waals surface area contributed by atoms with Crippen LogP contribution in [0.25, 0.3) is 0 Å². The summed E-state index contributed by atoms with van der Waals surface area (Å²) in [6, 6.07) is 5.85. The first-order valence-corrected chi connectivity index (χ1v) is 5.89. The number of hydrogen-bond acceptors (Lipinski definition) is 2. The zero-order valence-corrected chi connectivity index (χ0v) is 10.0. The summed E-state index contributed by atoms with van der Waals surface area (Å²) in [5.74, 6) is -0.0566. The topological polar surface area (TPSA) is 26.3 Å². The maximum Gasteiger partial charge on any atom is 0.387 e. The molecule has 0 radical (unpaired) electrons. The van der Waals surface area contributed by atoms with Gasteiger partial charge in [-0.25, -0.2) is 0 Å². The first-order chi connectivity index (χ1) is 7.63. The standard InChI is InChI=1S/C11H11BrF2O2/c12-6-2-5-10(15)8-3-1-4-9(7-8)16-11(13)14/h1,3-4,7,11H,2,5-6H2. The summed E-state index contributed by atoms with van der Waals surface area (Å²) in [5.41, 5.74) is 0.402. The first-order valence-electron chi connectivity index (χ1n) is 4.77. The fraction of sp³-hybridized carbons (Fsp3) is 0.364. The van der Waals surface area contributed by atoms with E-state index in [1.54, 1.807) is 6.07 Å². The molecule has 1 aromatic rings. The Labute approximate surface area is 101 Å². The molecule has 0 saturated heterocycles. The van der Waals surface area contributed by atoms with Crippen LogP contribution in [0.2, 0.25) is 0 Å². The van der Waals surface area contributed by atoms with Crippen molar-refractivity contribution in [2.24, 2.45) is 0 Å². The Balaban J connectivity index is 2.69. The Hall–Kier alpha value is -0.970. The van der Waals surface area contributed by atoms with Crippen molar-refractivity contribution in [2.75, 3.05) is 5.33 Å². The predicted molar refractivity (Wildman–Crippen MR) is 60.4 cm³/mol. The number of carbonyl (C=O) groups excluding carboxylic acids is 1. The van der Waals surface area contributed by atoms with Crippen LogP contribution in [0, 0.1) is 0 Å². The number of halogens is 3. The molecule has 16 heavy (non-hydrogen) atoms. The van der Waals surface area contributed by atoms with Crippen molar-refractivity contribution < 1.29 is 18.3 Å². The molecule has 0 saturated carbocycles. The Morgan fingerprint density at radius 3 is 2.81 bits per heavy atom. The van der Waals surface area contributed by atoms with Gasteiger partial charge in [-0.15, -0.1) is 0 Å². The molecule has 1 aromatic carbocycles. The van der Waals surface area contributed by atoms with Crippen molar-refractivity contribution in [3.8, 4) is 5.75 Å². The van der Waals surface area contributed by atoms with Gasteiger partial charge in [-0.3, -0.25) is 4.79 Å². The Kier molecular flexibility index (Phi) is 5.38. The summed E-state index contributed by atoms with van der Waals surface area (Å²) < 4.78 is 28.1. The number of Topliss-reactive ketones (excluding diaryl/α,β-unsaturated/α-hetero) is 1. The number of ketones is 1. The highest BCUT2D eigenvalue weighted by Crippen LogP contribution is 2.17. The third kappa shape index (κ3) is 4.26. The molecule has 0 aliphatic carbocycles. The Morgan fingerprint density at radius 1 is 1.44 bits per heavy atom. The van der Waals surface area contributed by atoms with Gasteiger partial charge in [-0.1, -0.05) is 28.1 Å². The van der Waals surface area contributed by atoms with Crippen LogP contribution >= 0.6 is 15.9 Å². The van der Waals surface area contributed by atoms with Crippen LogP contribution in [0.4, 0.5) is 8.78 Å². The zero-order chi connectivity index (χ0) is 12.0. The number of carbonyl (C=O) groups is 1. The summed E-state index contributed by atoms with van der Waals surface area (Å²) >= 11 is 3.22. The van der Waals surface area contributed by atoms with Gasteiger partial charge in [0.2, 0.25) is 0 Å². The minimum atomic E-state index is -2.87. The van der Waals surface area contributed by atoms with E-state index in [0.717, 1.165) is 11.8 Å². The number of alkyl halides is 3. The van der Waals surface area contributed by atoms with Crippen molar-refractivity contribution in [2.45, 2.75) is 19.5 Å². The molecule has 0 amide bonds. The molecule has 5 heteroatoms. The van der Waals surface area contributed by atoms with Crippen molar-refractivity contribution in [1.82, 2.24) is 0 Å². The molecule has 0 atom stereocenters. The molecule has 2 nitrogen and oxygen atoms in total. The molecule has 0 aliphatic rings. The van der Waals surface area contributed by atoms with Crippen molar-refractivity contribution in [1.29, 1.82) is 0 Å². The van der Waals surface area contributed by atoms with Gasteiger partial charge in [-0.05, 0) is 18.6 Å². The molecule has 0 fully saturated rings. The van der Waals surface area contributed by atoms with E-state index >= 15 is 0 Å². The lowest BCUT2D eigenvalue weighted by Gasteiger charge is -2.05. The summed E-state index contributed by atoms with van der Waals surface area (Å²) in [6.45, 7) is -2.87. The molecule has 0 aromatic heterocycles. The molecule has 88 valence electrons. The number of rotatable bonds is 6. The molecular formula is C11H11BrF2O2. The zero-order valence-electron chi connectivity index (χ0n) is 8.46. The summed E-state index contributed by atoms with van der Waals surface area (Å²) in [4.78, 5) is 11.6. The van der Waals surface area contributed by atoms with Gasteiger partial charge in [0.05, 0.1) is 0 Å². The molecule has 0 spiro atoms. The summed E-state index contributed by atoms with van der Waals surface area (Å²) in [7, 11) is 0. The molecule has 0 unspecified atom stereocenters. The largest absolute Gasteiger partial charge is 0.435 e. The van der Waals surface area contributed by atoms with E-state index in [-0.39, 0.29) is 11.5 Å². The van der Waals surface area contributed by atoms with Crippen molar-refractivity contribution >= 4 is 21.7 Å². The number of benzene rings is 1. The first kappa shape index (κ1) is 13.1. The number of ether oxygens (including phenoxy) is 1. The van der Waals surface area contributed by atoms with E-state index in [4.69, 9.17) is 0 Å². The fourth-order valence-electron chi connectivity index (χ4n) is 1.22. The van der Waals surface area contributed by atoms with Gasteiger partial charge >= 0.3 is 6.61 Å².